The number of halogens is 2. The van der Waals surface area contributed by atoms with Crippen LogP contribution in [0.4, 0.5) is 4.39 Å². The fourth-order valence-electron chi connectivity index (χ4n) is 1.60. The minimum atomic E-state index is -1.12. The summed E-state index contributed by atoms with van der Waals surface area (Å²) in [6.45, 7) is 0. The summed E-state index contributed by atoms with van der Waals surface area (Å²) in [5, 5.41) is 9.85. The highest BCUT2D eigenvalue weighted by Crippen LogP contribution is 2.27. The van der Waals surface area contributed by atoms with Crippen molar-refractivity contribution in [2.45, 2.75) is 10.8 Å². The molecule has 1 aromatic carbocycles. The summed E-state index contributed by atoms with van der Waals surface area (Å²) in [5.74, 6) is -1.02. The van der Waals surface area contributed by atoms with Crippen molar-refractivity contribution in [3.63, 3.8) is 0 Å². The van der Waals surface area contributed by atoms with Crippen molar-refractivity contribution in [1.82, 2.24) is 4.98 Å². The zero-order valence-corrected chi connectivity index (χ0v) is 12.4. The molecule has 2 rings (SSSR count). The third kappa shape index (κ3) is 4.58. The number of pyridine rings is 1. The molecule has 0 radical (unpaired) electrons. The van der Waals surface area contributed by atoms with Crippen LogP contribution in [0, 0.1) is 5.82 Å². The van der Waals surface area contributed by atoms with Gasteiger partial charge in [-0.2, -0.15) is 0 Å². The third-order valence-corrected chi connectivity index (χ3v) is 4.06. The molecule has 21 heavy (non-hydrogen) atoms. The predicted octanol–water partition coefficient (Wildman–Crippen LogP) is 4.26. The number of benzene rings is 1. The molecule has 0 bridgehead atoms. The first-order chi connectivity index (χ1) is 10.1. The van der Waals surface area contributed by atoms with Crippen LogP contribution in [0.2, 0.25) is 5.02 Å². The molecule has 0 amide bonds. The fourth-order valence-corrected chi connectivity index (χ4v) is 2.71. The van der Waals surface area contributed by atoms with Gasteiger partial charge >= 0.3 is 5.97 Å². The number of aliphatic carboxylic acids is 1. The van der Waals surface area contributed by atoms with Crippen molar-refractivity contribution in [1.29, 1.82) is 0 Å². The highest BCUT2D eigenvalue weighted by molar-refractivity contribution is 7.98. The SMILES string of the molecule is O=C(O)C=Cc1cc(CSc2ncccc2Cl)ccc1F. The first kappa shape index (κ1) is 15.5. The van der Waals surface area contributed by atoms with E-state index in [1.54, 1.807) is 30.5 Å². The van der Waals surface area contributed by atoms with Gasteiger partial charge in [0.25, 0.3) is 0 Å². The van der Waals surface area contributed by atoms with E-state index in [1.165, 1.54) is 23.9 Å². The lowest BCUT2D eigenvalue weighted by Gasteiger charge is -2.05. The van der Waals surface area contributed by atoms with Gasteiger partial charge in [-0.25, -0.2) is 14.2 Å². The minimum Gasteiger partial charge on any atom is -0.478 e. The van der Waals surface area contributed by atoms with E-state index in [2.05, 4.69) is 4.98 Å². The lowest BCUT2D eigenvalue weighted by Crippen LogP contribution is -1.90. The Labute approximate surface area is 130 Å². The van der Waals surface area contributed by atoms with Crippen LogP contribution in [-0.4, -0.2) is 16.1 Å². The van der Waals surface area contributed by atoms with E-state index in [-0.39, 0.29) is 5.56 Å². The van der Waals surface area contributed by atoms with E-state index in [1.807, 2.05) is 0 Å². The molecule has 0 fully saturated rings. The number of nitrogens with zero attached hydrogens (tertiary/aromatic N) is 1. The summed E-state index contributed by atoms with van der Waals surface area (Å²) < 4.78 is 13.6. The lowest BCUT2D eigenvalue weighted by atomic mass is 10.1. The highest BCUT2D eigenvalue weighted by Gasteiger charge is 2.05. The van der Waals surface area contributed by atoms with Gasteiger partial charge in [-0.1, -0.05) is 17.7 Å². The molecule has 1 aromatic heterocycles. The van der Waals surface area contributed by atoms with E-state index in [9.17, 15) is 9.18 Å². The van der Waals surface area contributed by atoms with Crippen molar-refractivity contribution >= 4 is 35.4 Å². The molecule has 2 aromatic rings. The Balaban J connectivity index is 2.12. The second kappa shape index (κ2) is 7.24. The van der Waals surface area contributed by atoms with E-state index in [0.29, 0.717) is 15.8 Å². The zero-order chi connectivity index (χ0) is 15.2. The predicted molar refractivity (Wildman–Crippen MR) is 81.9 cm³/mol. The molecule has 0 saturated carbocycles. The number of carbonyl (C=O) groups is 1. The number of carboxylic acid groups (broad SMARTS) is 1. The molecular formula is C15H11ClFNO2S. The molecule has 108 valence electrons. The second-order valence-electron chi connectivity index (χ2n) is 4.11. The normalized spacial score (nSPS) is 11.0. The maximum absolute atomic E-state index is 13.6. The number of hydrogen-bond acceptors (Lipinski definition) is 3. The van der Waals surface area contributed by atoms with Crippen LogP contribution in [0.1, 0.15) is 11.1 Å². The van der Waals surface area contributed by atoms with Crippen molar-refractivity contribution < 1.29 is 14.3 Å². The fraction of sp³-hybridized carbons (Fsp3) is 0.0667. The molecule has 0 saturated heterocycles. The second-order valence-corrected chi connectivity index (χ2v) is 5.48. The molecule has 0 atom stereocenters. The molecule has 0 spiro atoms. The van der Waals surface area contributed by atoms with Crippen molar-refractivity contribution in [2.24, 2.45) is 0 Å². The Morgan fingerprint density at radius 3 is 2.95 bits per heavy atom. The molecule has 0 aliphatic carbocycles. The van der Waals surface area contributed by atoms with Crippen molar-refractivity contribution in [2.75, 3.05) is 0 Å². The standard InChI is InChI=1S/C15H11ClFNO2S/c16-12-2-1-7-18-15(12)21-9-10-3-5-13(17)11(8-10)4-6-14(19)20/h1-8H,9H2,(H,19,20). The molecule has 0 aliphatic heterocycles. The lowest BCUT2D eigenvalue weighted by molar-refractivity contribution is -0.131. The molecule has 1 N–H and O–H groups in total. The van der Waals surface area contributed by atoms with Crippen molar-refractivity contribution in [3.05, 3.63) is 64.6 Å². The maximum atomic E-state index is 13.6. The Hall–Kier alpha value is -1.85. The molecule has 6 heteroatoms. The first-order valence-electron chi connectivity index (χ1n) is 5.99. The summed E-state index contributed by atoms with van der Waals surface area (Å²) in [6.07, 6.45) is 3.80. The van der Waals surface area contributed by atoms with E-state index < -0.39 is 11.8 Å². The van der Waals surface area contributed by atoms with Crippen LogP contribution in [0.25, 0.3) is 6.08 Å². The number of carboxylic acids is 1. The zero-order valence-electron chi connectivity index (χ0n) is 10.8. The Morgan fingerprint density at radius 2 is 2.24 bits per heavy atom. The van der Waals surface area contributed by atoms with Gasteiger partial charge in [0, 0.05) is 23.6 Å². The van der Waals surface area contributed by atoms with Crippen LogP contribution in [0.15, 0.2) is 47.6 Å². The quantitative estimate of drug-likeness (QED) is 0.659. The number of aromatic nitrogens is 1. The smallest absolute Gasteiger partial charge is 0.328 e. The van der Waals surface area contributed by atoms with Gasteiger partial charge in [-0.3, -0.25) is 0 Å². The van der Waals surface area contributed by atoms with Gasteiger partial charge < -0.3 is 5.11 Å². The Morgan fingerprint density at radius 1 is 1.43 bits per heavy atom. The molecule has 1 heterocycles. The summed E-state index contributed by atoms with van der Waals surface area (Å²) in [6, 6.07) is 8.08. The van der Waals surface area contributed by atoms with Gasteiger partial charge in [0.05, 0.1) is 5.02 Å². The van der Waals surface area contributed by atoms with Gasteiger partial charge in [-0.15, -0.1) is 11.8 Å². The van der Waals surface area contributed by atoms with Crippen molar-refractivity contribution in [3.8, 4) is 0 Å². The summed E-state index contributed by atoms with van der Waals surface area (Å²) >= 11 is 7.44. The third-order valence-electron chi connectivity index (χ3n) is 2.57. The van der Waals surface area contributed by atoms with Gasteiger partial charge in [0.2, 0.25) is 0 Å². The van der Waals surface area contributed by atoms with Crippen LogP contribution in [0.3, 0.4) is 0 Å². The first-order valence-corrected chi connectivity index (χ1v) is 7.35. The van der Waals surface area contributed by atoms with E-state index >= 15 is 0 Å². The number of hydrogen-bond donors (Lipinski definition) is 1. The molecule has 0 aliphatic rings. The Bertz CT molecular complexity index is 691. The molecule has 3 nitrogen and oxygen atoms in total. The van der Waals surface area contributed by atoms with Crippen LogP contribution < -0.4 is 0 Å². The summed E-state index contributed by atoms with van der Waals surface area (Å²) in [7, 11) is 0. The van der Waals surface area contributed by atoms with Crippen LogP contribution in [0.5, 0.6) is 0 Å². The van der Waals surface area contributed by atoms with E-state index in [0.717, 1.165) is 11.6 Å². The van der Waals surface area contributed by atoms with Gasteiger partial charge in [0.15, 0.2) is 0 Å². The number of rotatable bonds is 5. The summed E-state index contributed by atoms with van der Waals surface area (Å²) in [4.78, 5) is 14.6. The average molecular weight is 324 g/mol. The monoisotopic (exact) mass is 323 g/mol. The van der Waals surface area contributed by atoms with Gasteiger partial charge in [-0.05, 0) is 35.9 Å². The molecular weight excluding hydrogens is 313 g/mol. The largest absolute Gasteiger partial charge is 0.478 e. The maximum Gasteiger partial charge on any atom is 0.328 e. The minimum absolute atomic E-state index is 0.239. The highest BCUT2D eigenvalue weighted by atomic mass is 35.5. The average Bonchev–Trinajstić information content (AvgIpc) is 2.46. The van der Waals surface area contributed by atoms with E-state index in [4.69, 9.17) is 16.7 Å². The number of thioether (sulfide) groups is 1. The topological polar surface area (TPSA) is 50.2 Å². The van der Waals surface area contributed by atoms with Gasteiger partial charge in [0.1, 0.15) is 10.8 Å². The molecule has 0 unspecified atom stereocenters. The van der Waals surface area contributed by atoms with Crippen LogP contribution in [-0.2, 0) is 10.5 Å². The Kier molecular flexibility index (Phi) is 5.36. The summed E-state index contributed by atoms with van der Waals surface area (Å²) in [5.41, 5.74) is 1.09. The van der Waals surface area contributed by atoms with Crippen LogP contribution >= 0.6 is 23.4 Å².